The third-order valence-corrected chi connectivity index (χ3v) is 4.17. The van der Waals surface area contributed by atoms with Crippen molar-refractivity contribution in [1.29, 1.82) is 0 Å². The summed E-state index contributed by atoms with van der Waals surface area (Å²) in [6.07, 6.45) is -2.65. The maximum Gasteiger partial charge on any atom is 0.455 e. The van der Waals surface area contributed by atoms with Crippen molar-refractivity contribution < 1.29 is 34.9 Å². The molecule has 1 nitrogen and oxygen atoms in total. The third kappa shape index (κ3) is 4.35. The largest absolute Gasteiger partial charge is 1.00 e. The maximum atomic E-state index is 11.8. The highest BCUT2D eigenvalue weighted by Crippen LogP contribution is 2.20. The van der Waals surface area contributed by atoms with Gasteiger partial charge in [-0.2, -0.15) is 13.2 Å². The van der Waals surface area contributed by atoms with Crippen molar-refractivity contribution in [2.24, 2.45) is 0 Å². The van der Waals surface area contributed by atoms with E-state index in [0.29, 0.717) is 0 Å². The van der Waals surface area contributed by atoms with Crippen LogP contribution in [0.3, 0.4) is 0 Å². The van der Waals surface area contributed by atoms with Crippen molar-refractivity contribution in [3.63, 3.8) is 0 Å². The average Bonchev–Trinajstić information content (AvgIpc) is 2.37. The summed E-state index contributed by atoms with van der Waals surface area (Å²) in [6.45, 7) is 0. The molecule has 1 fully saturated rings. The maximum absolute atomic E-state index is 11.8. The zero-order valence-corrected chi connectivity index (χ0v) is 9.27. The monoisotopic (exact) mass is 278 g/mol. The standard InChI is InChI=1S/C7H10F3OS.BrH/c8-7(9,10)6(11)5-12-3-1-2-4-12;/h1-5H2;1H/q+1;/p-1. The molecule has 6 heteroatoms. The number of hydrogen-bond acceptors (Lipinski definition) is 1. The Morgan fingerprint density at radius 2 is 1.69 bits per heavy atom. The van der Waals surface area contributed by atoms with E-state index in [9.17, 15) is 18.0 Å². The van der Waals surface area contributed by atoms with Crippen LogP contribution in [0.15, 0.2) is 0 Å². The lowest BCUT2D eigenvalue weighted by Gasteiger charge is -2.03. The minimum atomic E-state index is -4.62. The van der Waals surface area contributed by atoms with Crippen LogP contribution in [0.1, 0.15) is 12.8 Å². The first kappa shape index (κ1) is 13.3. The van der Waals surface area contributed by atoms with Gasteiger partial charge in [0.2, 0.25) is 0 Å². The molecule has 1 saturated heterocycles. The van der Waals surface area contributed by atoms with Gasteiger partial charge < -0.3 is 17.0 Å². The van der Waals surface area contributed by atoms with Gasteiger partial charge in [-0.25, -0.2) is 0 Å². The Bertz CT molecular complexity index is 177. The van der Waals surface area contributed by atoms with Crippen LogP contribution in [-0.4, -0.2) is 29.2 Å². The summed E-state index contributed by atoms with van der Waals surface area (Å²) < 4.78 is 35.3. The van der Waals surface area contributed by atoms with Gasteiger partial charge in [0.1, 0.15) is 11.5 Å². The van der Waals surface area contributed by atoms with E-state index in [1.165, 1.54) is 0 Å². The number of Topliss-reactive ketones (excluding diaryl/α,β-unsaturated/α-hetero) is 1. The van der Waals surface area contributed by atoms with Gasteiger partial charge in [-0.05, 0) is 23.7 Å². The van der Waals surface area contributed by atoms with Crippen LogP contribution in [0.25, 0.3) is 0 Å². The van der Waals surface area contributed by atoms with Crippen LogP contribution in [0, 0.1) is 0 Å². The molecule has 1 aliphatic heterocycles. The molecule has 0 bridgehead atoms. The summed E-state index contributed by atoms with van der Waals surface area (Å²) in [7, 11) is -0.273. The lowest BCUT2D eigenvalue weighted by molar-refractivity contribution is -0.167. The van der Waals surface area contributed by atoms with Crippen LogP contribution in [0.2, 0.25) is 0 Å². The molecule has 0 spiro atoms. The van der Waals surface area contributed by atoms with Gasteiger partial charge in [0.05, 0.1) is 0 Å². The summed E-state index contributed by atoms with van der Waals surface area (Å²) >= 11 is 0. The van der Waals surface area contributed by atoms with Gasteiger partial charge in [0.25, 0.3) is 5.78 Å². The number of ketones is 1. The topological polar surface area (TPSA) is 17.1 Å². The third-order valence-electron chi connectivity index (χ3n) is 1.77. The Balaban J connectivity index is 0.00000144. The van der Waals surface area contributed by atoms with Crippen LogP contribution in [0.4, 0.5) is 13.2 Å². The molecule has 78 valence electrons. The second-order valence-electron chi connectivity index (χ2n) is 2.79. The summed E-state index contributed by atoms with van der Waals surface area (Å²) in [4.78, 5) is 10.5. The van der Waals surface area contributed by atoms with Gasteiger partial charge in [0, 0.05) is 0 Å². The summed E-state index contributed by atoms with van der Waals surface area (Å²) in [6, 6.07) is 0. The predicted molar refractivity (Wildman–Crippen MR) is 42.3 cm³/mol. The molecule has 13 heavy (non-hydrogen) atoms. The Labute approximate surface area is 88.2 Å². The van der Waals surface area contributed by atoms with Crippen LogP contribution >= 0.6 is 0 Å². The molecule has 0 unspecified atom stereocenters. The number of alkyl halides is 3. The van der Waals surface area contributed by atoms with Crippen molar-refractivity contribution >= 4 is 16.7 Å². The van der Waals surface area contributed by atoms with Gasteiger partial charge >= 0.3 is 6.18 Å². The number of hydrogen-bond donors (Lipinski definition) is 0. The fourth-order valence-corrected chi connectivity index (χ4v) is 3.38. The molecule has 0 radical (unpaired) electrons. The quantitative estimate of drug-likeness (QED) is 0.564. The predicted octanol–water partition coefficient (Wildman–Crippen LogP) is -1.47. The van der Waals surface area contributed by atoms with Crippen molar-refractivity contribution in [3.05, 3.63) is 0 Å². The summed E-state index contributed by atoms with van der Waals surface area (Å²) in [5.41, 5.74) is 0. The lowest BCUT2D eigenvalue weighted by atomic mass is 10.4. The first-order valence-electron chi connectivity index (χ1n) is 3.74. The van der Waals surface area contributed by atoms with E-state index in [2.05, 4.69) is 0 Å². The van der Waals surface area contributed by atoms with E-state index in [1.54, 1.807) is 0 Å². The zero-order chi connectivity index (χ0) is 9.19. The molecule has 0 amide bonds. The highest BCUT2D eigenvalue weighted by atomic mass is 79.9. The van der Waals surface area contributed by atoms with Crippen molar-refractivity contribution in [2.75, 3.05) is 17.3 Å². The minimum Gasteiger partial charge on any atom is -1.00 e. The second-order valence-corrected chi connectivity index (χ2v) is 5.12. The van der Waals surface area contributed by atoms with Crippen LogP contribution in [0.5, 0.6) is 0 Å². The van der Waals surface area contributed by atoms with E-state index in [4.69, 9.17) is 0 Å². The summed E-state index contributed by atoms with van der Waals surface area (Å²) in [5, 5.41) is 0. The molecule has 0 aromatic carbocycles. The van der Waals surface area contributed by atoms with E-state index >= 15 is 0 Å². The molecule has 0 aliphatic carbocycles. The Morgan fingerprint density at radius 3 is 2.08 bits per heavy atom. The number of rotatable bonds is 2. The van der Waals surface area contributed by atoms with E-state index < -0.39 is 12.0 Å². The fraction of sp³-hybridized carbons (Fsp3) is 0.857. The molecule has 0 aromatic heterocycles. The Morgan fingerprint density at radius 1 is 1.23 bits per heavy atom. The lowest BCUT2D eigenvalue weighted by Crippen LogP contribution is -3.00. The number of halogens is 4. The first-order chi connectivity index (χ1) is 5.50. The molecule has 0 atom stereocenters. The smallest absolute Gasteiger partial charge is 0.455 e. The summed E-state index contributed by atoms with van der Waals surface area (Å²) in [5.74, 6) is -0.208. The molecule has 1 heterocycles. The molecule has 1 rings (SSSR count). The normalized spacial score (nSPS) is 18.4. The van der Waals surface area contributed by atoms with Gasteiger partial charge in [-0.3, -0.25) is 4.79 Å². The van der Waals surface area contributed by atoms with Crippen LogP contribution < -0.4 is 17.0 Å². The highest BCUT2D eigenvalue weighted by Gasteiger charge is 2.43. The molecular formula is C7H10BrF3OS. The number of carbonyl (C=O) groups excluding carboxylic acids is 1. The van der Waals surface area contributed by atoms with E-state index in [-0.39, 0.29) is 33.6 Å². The first-order valence-corrected chi connectivity index (χ1v) is 5.47. The van der Waals surface area contributed by atoms with Crippen LogP contribution in [-0.2, 0) is 15.7 Å². The molecule has 0 saturated carbocycles. The second kappa shape index (κ2) is 5.24. The molecular weight excluding hydrogens is 269 g/mol. The SMILES string of the molecule is O=C(C[S+]1CCCC1)C(F)(F)F.[Br-]. The average molecular weight is 279 g/mol. The Hall–Kier alpha value is 0.290. The van der Waals surface area contributed by atoms with Crippen molar-refractivity contribution in [2.45, 2.75) is 19.0 Å². The van der Waals surface area contributed by atoms with Crippen molar-refractivity contribution in [3.8, 4) is 0 Å². The Kier molecular flexibility index (Phi) is 5.36. The molecule has 0 aromatic rings. The minimum absolute atomic E-state index is 0. The molecule has 0 N–H and O–H groups in total. The number of carbonyl (C=O) groups is 1. The van der Waals surface area contributed by atoms with Gasteiger partial charge in [0.15, 0.2) is 5.75 Å². The van der Waals surface area contributed by atoms with Crippen molar-refractivity contribution in [1.82, 2.24) is 0 Å². The van der Waals surface area contributed by atoms with E-state index in [1.807, 2.05) is 0 Å². The highest BCUT2D eigenvalue weighted by molar-refractivity contribution is 7.97. The van der Waals surface area contributed by atoms with E-state index in [0.717, 1.165) is 24.3 Å². The van der Waals surface area contributed by atoms with Gasteiger partial charge in [-0.1, -0.05) is 0 Å². The zero-order valence-electron chi connectivity index (χ0n) is 6.86. The molecule has 1 aliphatic rings. The van der Waals surface area contributed by atoms with Gasteiger partial charge in [-0.15, -0.1) is 0 Å². The fourth-order valence-electron chi connectivity index (χ4n) is 1.13.